The lowest BCUT2D eigenvalue weighted by Crippen LogP contribution is -2.30. The molecule has 2 aromatic rings. The van der Waals surface area contributed by atoms with E-state index >= 15 is 0 Å². The van der Waals surface area contributed by atoms with Gasteiger partial charge in [0.2, 0.25) is 10.0 Å². The number of benzene rings is 1. The van der Waals surface area contributed by atoms with Gasteiger partial charge in [0.1, 0.15) is 0 Å². The van der Waals surface area contributed by atoms with Gasteiger partial charge < -0.3 is 5.32 Å². The van der Waals surface area contributed by atoms with E-state index in [1.807, 2.05) is 11.4 Å². The average molecular weight is 310 g/mol. The third kappa shape index (κ3) is 4.06. The van der Waals surface area contributed by atoms with Crippen LogP contribution < -0.4 is 10.0 Å². The molecule has 0 saturated carbocycles. The smallest absolute Gasteiger partial charge is 0.240 e. The summed E-state index contributed by atoms with van der Waals surface area (Å²) in [6.07, 6.45) is 0. The molecule has 108 valence electrons. The van der Waals surface area contributed by atoms with Crippen molar-refractivity contribution >= 4 is 27.0 Å². The molecule has 4 nitrogen and oxygen atoms in total. The van der Waals surface area contributed by atoms with E-state index in [1.54, 1.807) is 49.4 Å². The Labute approximate surface area is 123 Å². The van der Waals surface area contributed by atoms with Crippen molar-refractivity contribution in [1.82, 2.24) is 4.72 Å². The van der Waals surface area contributed by atoms with E-state index in [1.165, 1.54) is 4.88 Å². The number of thiophene rings is 1. The molecule has 0 aliphatic heterocycles. The Hall–Kier alpha value is -1.37. The average Bonchev–Trinajstić information content (AvgIpc) is 2.88. The van der Waals surface area contributed by atoms with Gasteiger partial charge in [-0.1, -0.05) is 6.07 Å². The summed E-state index contributed by atoms with van der Waals surface area (Å²) in [4.78, 5) is 1.52. The van der Waals surface area contributed by atoms with Crippen molar-refractivity contribution in [2.75, 3.05) is 5.32 Å². The molecule has 1 heterocycles. The zero-order valence-electron chi connectivity index (χ0n) is 11.5. The molecule has 0 aliphatic carbocycles. The van der Waals surface area contributed by atoms with Gasteiger partial charge in [-0.3, -0.25) is 0 Å². The first kappa shape index (κ1) is 15.0. The van der Waals surface area contributed by atoms with Crippen molar-refractivity contribution < 1.29 is 8.42 Å². The molecule has 1 aromatic heterocycles. The first-order valence-electron chi connectivity index (χ1n) is 6.36. The molecule has 0 fully saturated rings. The van der Waals surface area contributed by atoms with E-state index in [0.29, 0.717) is 0 Å². The topological polar surface area (TPSA) is 58.2 Å². The summed E-state index contributed by atoms with van der Waals surface area (Å²) in [6, 6.07) is 10.7. The number of anilines is 1. The van der Waals surface area contributed by atoms with Gasteiger partial charge in [-0.25, -0.2) is 13.1 Å². The molecular weight excluding hydrogens is 292 g/mol. The molecular formula is C14H18N2O2S2. The summed E-state index contributed by atoms with van der Waals surface area (Å²) in [7, 11) is -3.41. The van der Waals surface area contributed by atoms with E-state index < -0.39 is 10.0 Å². The first-order valence-corrected chi connectivity index (χ1v) is 8.72. The molecule has 0 spiro atoms. The maximum absolute atomic E-state index is 12.0. The Balaban J connectivity index is 2.02. The minimum Gasteiger partial charge on any atom is -0.380 e. The zero-order valence-corrected chi connectivity index (χ0v) is 13.1. The highest BCUT2D eigenvalue weighted by Gasteiger charge is 2.14. The van der Waals surface area contributed by atoms with Crippen LogP contribution in [-0.2, 0) is 16.6 Å². The number of hydrogen-bond acceptors (Lipinski definition) is 4. The molecule has 0 atom stereocenters. The summed E-state index contributed by atoms with van der Waals surface area (Å²) in [5.41, 5.74) is 0.905. The first-order chi connectivity index (χ1) is 9.47. The van der Waals surface area contributed by atoms with Crippen LogP contribution in [0.15, 0.2) is 46.7 Å². The fourth-order valence-corrected chi connectivity index (χ4v) is 3.63. The highest BCUT2D eigenvalue weighted by atomic mass is 32.2. The van der Waals surface area contributed by atoms with Gasteiger partial charge in [-0.05, 0) is 49.6 Å². The second-order valence-electron chi connectivity index (χ2n) is 4.73. The molecule has 2 N–H and O–H groups in total. The fraction of sp³-hybridized carbons (Fsp3) is 0.286. The summed E-state index contributed by atoms with van der Waals surface area (Å²) in [5, 5.41) is 5.29. The van der Waals surface area contributed by atoms with Crippen LogP contribution in [0.4, 0.5) is 5.69 Å². The third-order valence-electron chi connectivity index (χ3n) is 2.60. The number of sulfonamides is 1. The van der Waals surface area contributed by atoms with Crippen LogP contribution in [0.2, 0.25) is 0 Å². The second-order valence-corrected chi connectivity index (χ2v) is 7.48. The van der Waals surface area contributed by atoms with E-state index in [9.17, 15) is 8.42 Å². The highest BCUT2D eigenvalue weighted by Crippen LogP contribution is 2.16. The molecule has 1 aromatic carbocycles. The number of hydrogen-bond donors (Lipinski definition) is 2. The second kappa shape index (κ2) is 6.39. The molecule has 2 rings (SSSR count). The van der Waals surface area contributed by atoms with E-state index in [-0.39, 0.29) is 10.9 Å². The van der Waals surface area contributed by atoms with Crippen molar-refractivity contribution in [2.45, 2.75) is 31.3 Å². The Bertz CT molecular complexity index is 632. The van der Waals surface area contributed by atoms with Crippen LogP contribution in [0.25, 0.3) is 0 Å². The van der Waals surface area contributed by atoms with Crippen LogP contribution in [0, 0.1) is 0 Å². The Morgan fingerprint density at radius 3 is 2.40 bits per heavy atom. The van der Waals surface area contributed by atoms with Crippen LogP contribution >= 0.6 is 11.3 Å². The molecule has 0 amide bonds. The summed E-state index contributed by atoms with van der Waals surface area (Å²) >= 11 is 1.69. The van der Waals surface area contributed by atoms with E-state index in [4.69, 9.17) is 0 Å². The zero-order chi connectivity index (χ0) is 14.6. The highest BCUT2D eigenvalue weighted by molar-refractivity contribution is 7.89. The Morgan fingerprint density at radius 1 is 1.15 bits per heavy atom. The van der Waals surface area contributed by atoms with Crippen molar-refractivity contribution in [2.24, 2.45) is 0 Å². The normalized spacial score (nSPS) is 11.8. The predicted molar refractivity (Wildman–Crippen MR) is 83.5 cm³/mol. The van der Waals surface area contributed by atoms with E-state index in [0.717, 1.165) is 12.2 Å². The maximum atomic E-state index is 12.0. The lowest BCUT2D eigenvalue weighted by molar-refractivity contribution is 0.570. The Morgan fingerprint density at radius 2 is 1.85 bits per heavy atom. The number of nitrogens with one attached hydrogen (secondary N) is 2. The largest absolute Gasteiger partial charge is 0.380 e. The van der Waals surface area contributed by atoms with Crippen LogP contribution in [0.5, 0.6) is 0 Å². The predicted octanol–water partition coefficient (Wildman–Crippen LogP) is 3.05. The molecule has 0 radical (unpaired) electrons. The van der Waals surface area contributed by atoms with Crippen LogP contribution in [-0.4, -0.2) is 14.5 Å². The molecule has 0 saturated heterocycles. The quantitative estimate of drug-likeness (QED) is 0.862. The van der Waals surface area contributed by atoms with Gasteiger partial charge in [0, 0.05) is 23.2 Å². The molecule has 0 unspecified atom stereocenters. The lowest BCUT2D eigenvalue weighted by Gasteiger charge is -2.10. The Kier molecular flexibility index (Phi) is 4.80. The van der Waals surface area contributed by atoms with Gasteiger partial charge in [-0.2, -0.15) is 0 Å². The summed E-state index contributed by atoms with van der Waals surface area (Å²) in [6.45, 7) is 4.34. The van der Waals surface area contributed by atoms with Crippen LogP contribution in [0.3, 0.4) is 0 Å². The molecule has 20 heavy (non-hydrogen) atoms. The minimum absolute atomic E-state index is 0.114. The monoisotopic (exact) mass is 310 g/mol. The summed E-state index contributed by atoms with van der Waals surface area (Å²) < 4.78 is 26.5. The van der Waals surface area contributed by atoms with Gasteiger partial charge in [0.25, 0.3) is 0 Å². The number of rotatable bonds is 6. The van der Waals surface area contributed by atoms with Gasteiger partial charge in [-0.15, -0.1) is 11.3 Å². The standard InChI is InChI=1S/C14H18N2O2S2/c1-11(2)16-20(17,18)14-7-5-12(6-8-14)15-10-13-4-3-9-19-13/h3-9,11,15-16H,10H2,1-2H3. The third-order valence-corrected chi connectivity index (χ3v) is 5.15. The fourth-order valence-electron chi connectivity index (χ4n) is 1.73. The van der Waals surface area contributed by atoms with Crippen molar-refractivity contribution in [3.05, 3.63) is 46.7 Å². The minimum atomic E-state index is -3.41. The van der Waals surface area contributed by atoms with Crippen molar-refractivity contribution in [3.63, 3.8) is 0 Å². The van der Waals surface area contributed by atoms with Gasteiger partial charge in [0.15, 0.2) is 0 Å². The van der Waals surface area contributed by atoms with Crippen molar-refractivity contribution in [1.29, 1.82) is 0 Å². The molecule has 6 heteroatoms. The lowest BCUT2D eigenvalue weighted by atomic mass is 10.3. The van der Waals surface area contributed by atoms with E-state index in [2.05, 4.69) is 16.1 Å². The van der Waals surface area contributed by atoms with Crippen molar-refractivity contribution in [3.8, 4) is 0 Å². The van der Waals surface area contributed by atoms with Crippen LogP contribution in [0.1, 0.15) is 18.7 Å². The summed E-state index contributed by atoms with van der Waals surface area (Å²) in [5.74, 6) is 0. The van der Waals surface area contributed by atoms with Gasteiger partial charge >= 0.3 is 0 Å². The SMILES string of the molecule is CC(C)NS(=O)(=O)c1ccc(NCc2cccs2)cc1. The van der Waals surface area contributed by atoms with Gasteiger partial charge in [0.05, 0.1) is 4.90 Å². The maximum Gasteiger partial charge on any atom is 0.240 e. The molecule has 0 aliphatic rings. The molecule has 0 bridgehead atoms.